The fourth-order valence-electron chi connectivity index (χ4n) is 2.36. The summed E-state index contributed by atoms with van der Waals surface area (Å²) >= 11 is 0. The Labute approximate surface area is 117 Å². The summed E-state index contributed by atoms with van der Waals surface area (Å²) in [7, 11) is 0. The number of hydrogen-bond donors (Lipinski definition) is 2. The van der Waals surface area contributed by atoms with E-state index in [4.69, 9.17) is 6.42 Å². The highest BCUT2D eigenvalue weighted by atomic mass is 16.4. The molecule has 0 bridgehead atoms. The summed E-state index contributed by atoms with van der Waals surface area (Å²) in [6.07, 6.45) is 5.10. The number of nitrogens with zero attached hydrogens (tertiary/aromatic N) is 1. The predicted molar refractivity (Wildman–Crippen MR) is 73.9 cm³/mol. The number of benzene rings is 1. The molecule has 2 rings (SSSR count). The zero-order valence-electron chi connectivity index (χ0n) is 11.0. The van der Waals surface area contributed by atoms with Crippen LogP contribution < -0.4 is 5.32 Å². The molecule has 1 aliphatic heterocycles. The summed E-state index contributed by atoms with van der Waals surface area (Å²) in [6, 6.07) is 7.34. The number of rotatable bonds is 4. The van der Waals surface area contributed by atoms with Crippen LogP contribution in [0, 0.1) is 12.3 Å². The first-order valence-electron chi connectivity index (χ1n) is 6.36. The Morgan fingerprint density at radius 3 is 2.90 bits per heavy atom. The van der Waals surface area contributed by atoms with Crippen LogP contribution in [0.15, 0.2) is 24.3 Å². The van der Waals surface area contributed by atoms with Crippen LogP contribution in [0.2, 0.25) is 0 Å². The van der Waals surface area contributed by atoms with Gasteiger partial charge in [0.25, 0.3) is 0 Å². The molecule has 104 valence electrons. The van der Waals surface area contributed by atoms with E-state index in [0.29, 0.717) is 13.1 Å². The van der Waals surface area contributed by atoms with Crippen LogP contribution in [-0.2, 0) is 16.1 Å². The van der Waals surface area contributed by atoms with Crippen molar-refractivity contribution in [3.8, 4) is 12.3 Å². The Hall–Kier alpha value is -2.32. The van der Waals surface area contributed by atoms with Crippen LogP contribution in [0.25, 0.3) is 0 Å². The fraction of sp³-hybridized carbons (Fsp3) is 0.333. The van der Waals surface area contributed by atoms with Crippen LogP contribution >= 0.6 is 0 Å². The Kier molecular flexibility index (Phi) is 4.38. The zero-order valence-corrected chi connectivity index (χ0v) is 11.0. The normalized spacial score (nSPS) is 17.1. The van der Waals surface area contributed by atoms with Crippen molar-refractivity contribution in [1.82, 2.24) is 10.2 Å². The van der Waals surface area contributed by atoms with Gasteiger partial charge >= 0.3 is 5.97 Å². The third-order valence-electron chi connectivity index (χ3n) is 3.35. The average Bonchev–Trinajstić information content (AvgIpc) is 2.46. The van der Waals surface area contributed by atoms with E-state index in [0.717, 1.165) is 11.1 Å². The maximum absolute atomic E-state index is 12.1. The van der Waals surface area contributed by atoms with Crippen molar-refractivity contribution in [2.45, 2.75) is 12.5 Å². The summed E-state index contributed by atoms with van der Waals surface area (Å²) in [4.78, 5) is 25.0. The molecule has 1 unspecified atom stereocenters. The van der Waals surface area contributed by atoms with E-state index in [1.54, 1.807) is 4.90 Å². The van der Waals surface area contributed by atoms with Crippen LogP contribution in [0.1, 0.15) is 17.0 Å². The molecule has 1 amide bonds. The highest BCUT2D eigenvalue weighted by Gasteiger charge is 2.31. The van der Waals surface area contributed by atoms with E-state index < -0.39 is 11.9 Å². The molecule has 1 aromatic carbocycles. The summed E-state index contributed by atoms with van der Waals surface area (Å²) < 4.78 is 0. The molecule has 0 radical (unpaired) electrons. The molecule has 5 nitrogen and oxygen atoms in total. The standard InChI is InChI=1S/C15H16N2O3/c1-2-7-16-8-14(18)17-9-11-5-3-4-6-12(11)13(10-17)15(19)20/h1,3-6,13,16H,7-10H2,(H,19,20). The molecule has 2 N–H and O–H groups in total. The second kappa shape index (κ2) is 6.22. The second-order valence-corrected chi connectivity index (χ2v) is 4.67. The summed E-state index contributed by atoms with van der Waals surface area (Å²) in [5.41, 5.74) is 1.68. The molecule has 0 aliphatic carbocycles. The van der Waals surface area contributed by atoms with Gasteiger partial charge in [0.15, 0.2) is 0 Å². The molecular formula is C15H16N2O3. The highest BCUT2D eigenvalue weighted by molar-refractivity contribution is 5.82. The summed E-state index contributed by atoms with van der Waals surface area (Å²) in [6.45, 7) is 1.08. The van der Waals surface area contributed by atoms with Crippen molar-refractivity contribution in [1.29, 1.82) is 0 Å². The van der Waals surface area contributed by atoms with Crippen LogP contribution in [0.3, 0.4) is 0 Å². The molecule has 0 fully saturated rings. The van der Waals surface area contributed by atoms with Gasteiger partial charge in [-0.2, -0.15) is 0 Å². The van der Waals surface area contributed by atoms with Crippen LogP contribution in [-0.4, -0.2) is 41.5 Å². The number of aliphatic carboxylic acids is 1. The molecule has 0 saturated heterocycles. The lowest BCUT2D eigenvalue weighted by Gasteiger charge is -2.32. The number of fused-ring (bicyclic) bond motifs is 1. The minimum Gasteiger partial charge on any atom is -0.481 e. The molecule has 1 heterocycles. The number of nitrogens with one attached hydrogen (secondary N) is 1. The lowest BCUT2D eigenvalue weighted by Crippen LogP contribution is -2.44. The van der Waals surface area contributed by atoms with Crippen LogP contribution in [0.5, 0.6) is 0 Å². The smallest absolute Gasteiger partial charge is 0.312 e. The lowest BCUT2D eigenvalue weighted by atomic mass is 9.90. The molecular weight excluding hydrogens is 256 g/mol. The van der Waals surface area contributed by atoms with Crippen molar-refractivity contribution in [2.24, 2.45) is 0 Å². The number of terminal acetylenes is 1. The first-order chi connectivity index (χ1) is 9.63. The molecule has 1 aliphatic rings. The van der Waals surface area contributed by atoms with Gasteiger partial charge in [0, 0.05) is 13.1 Å². The van der Waals surface area contributed by atoms with Gasteiger partial charge in [0.2, 0.25) is 5.91 Å². The molecule has 0 saturated carbocycles. The molecule has 0 aromatic heterocycles. The van der Waals surface area contributed by atoms with Gasteiger partial charge in [0.05, 0.1) is 19.0 Å². The quantitative estimate of drug-likeness (QED) is 0.615. The number of carboxylic acids is 1. The van der Waals surface area contributed by atoms with Gasteiger partial charge in [-0.3, -0.25) is 14.9 Å². The molecule has 20 heavy (non-hydrogen) atoms. The van der Waals surface area contributed by atoms with Gasteiger partial charge < -0.3 is 10.0 Å². The second-order valence-electron chi connectivity index (χ2n) is 4.67. The Balaban J connectivity index is 2.14. The highest BCUT2D eigenvalue weighted by Crippen LogP contribution is 2.28. The minimum absolute atomic E-state index is 0.124. The van der Waals surface area contributed by atoms with Crippen molar-refractivity contribution in [2.75, 3.05) is 19.6 Å². The van der Waals surface area contributed by atoms with Gasteiger partial charge in [-0.05, 0) is 11.1 Å². The summed E-state index contributed by atoms with van der Waals surface area (Å²) in [5, 5.41) is 12.1. The van der Waals surface area contributed by atoms with Gasteiger partial charge in [-0.25, -0.2) is 0 Å². The maximum atomic E-state index is 12.1. The zero-order chi connectivity index (χ0) is 14.5. The van der Waals surface area contributed by atoms with E-state index in [1.807, 2.05) is 24.3 Å². The summed E-state index contributed by atoms with van der Waals surface area (Å²) in [5.74, 6) is 0.674. The number of carboxylic acid groups (broad SMARTS) is 1. The van der Waals surface area contributed by atoms with E-state index in [2.05, 4.69) is 11.2 Å². The van der Waals surface area contributed by atoms with E-state index >= 15 is 0 Å². The molecule has 0 spiro atoms. The molecule has 5 heteroatoms. The topological polar surface area (TPSA) is 69.6 Å². The Morgan fingerprint density at radius 2 is 2.20 bits per heavy atom. The number of carbonyl (C=O) groups excluding carboxylic acids is 1. The van der Waals surface area contributed by atoms with Crippen molar-refractivity contribution in [3.63, 3.8) is 0 Å². The third kappa shape index (κ3) is 2.98. The van der Waals surface area contributed by atoms with Gasteiger partial charge in [-0.1, -0.05) is 30.2 Å². The van der Waals surface area contributed by atoms with E-state index in [9.17, 15) is 14.7 Å². The third-order valence-corrected chi connectivity index (χ3v) is 3.35. The maximum Gasteiger partial charge on any atom is 0.312 e. The first-order valence-corrected chi connectivity index (χ1v) is 6.36. The first kappa shape index (κ1) is 14.1. The average molecular weight is 272 g/mol. The van der Waals surface area contributed by atoms with Crippen molar-refractivity contribution < 1.29 is 14.7 Å². The fourth-order valence-corrected chi connectivity index (χ4v) is 2.36. The monoisotopic (exact) mass is 272 g/mol. The SMILES string of the molecule is C#CCNCC(=O)N1Cc2ccccc2C(C(=O)O)C1. The number of hydrogen-bond acceptors (Lipinski definition) is 3. The lowest BCUT2D eigenvalue weighted by molar-refractivity contribution is -0.141. The van der Waals surface area contributed by atoms with E-state index in [-0.39, 0.29) is 19.0 Å². The largest absolute Gasteiger partial charge is 0.481 e. The van der Waals surface area contributed by atoms with Crippen molar-refractivity contribution in [3.05, 3.63) is 35.4 Å². The molecule has 1 atom stereocenters. The Bertz CT molecular complexity index is 562. The molecule has 1 aromatic rings. The van der Waals surface area contributed by atoms with Gasteiger partial charge in [-0.15, -0.1) is 6.42 Å². The van der Waals surface area contributed by atoms with Crippen molar-refractivity contribution >= 4 is 11.9 Å². The number of amides is 1. The van der Waals surface area contributed by atoms with Gasteiger partial charge in [0.1, 0.15) is 0 Å². The Morgan fingerprint density at radius 1 is 1.45 bits per heavy atom. The number of carbonyl (C=O) groups is 2. The minimum atomic E-state index is -0.911. The van der Waals surface area contributed by atoms with Crippen LogP contribution in [0.4, 0.5) is 0 Å². The van der Waals surface area contributed by atoms with E-state index in [1.165, 1.54) is 0 Å². The predicted octanol–water partition coefficient (Wildman–Crippen LogP) is 0.420.